The number of ether oxygens (including phenoxy) is 1. The molecule has 2 rings (SSSR count). The molecule has 0 aliphatic heterocycles. The maximum absolute atomic E-state index is 13.2. The van der Waals surface area contributed by atoms with Gasteiger partial charge in [0, 0.05) is 19.0 Å². The Balaban J connectivity index is 2.02. The molecule has 0 fully saturated rings. The number of amides is 2. The van der Waals surface area contributed by atoms with Gasteiger partial charge in [-0.25, -0.2) is 0 Å². The highest BCUT2D eigenvalue weighted by atomic mass is 16.5. The van der Waals surface area contributed by atoms with Crippen molar-refractivity contribution < 1.29 is 14.3 Å². The minimum atomic E-state index is -0.486. The number of aryl methyl sites for hydroxylation is 1. The van der Waals surface area contributed by atoms with Gasteiger partial charge in [0.25, 0.3) is 0 Å². The van der Waals surface area contributed by atoms with Gasteiger partial charge in [-0.05, 0) is 50.8 Å². The smallest absolute Gasteiger partial charge is 0.243 e. The maximum Gasteiger partial charge on any atom is 0.243 e. The van der Waals surface area contributed by atoms with Gasteiger partial charge in [0.05, 0.1) is 6.61 Å². The number of nitrogens with zero attached hydrogens (tertiary/aromatic N) is 1. The van der Waals surface area contributed by atoms with Gasteiger partial charge in [0.2, 0.25) is 11.8 Å². The molecule has 0 heterocycles. The summed E-state index contributed by atoms with van der Waals surface area (Å²) in [7, 11) is 0. The molecular formula is C26H36N2O3. The lowest BCUT2D eigenvalue weighted by Crippen LogP contribution is -2.50. The summed E-state index contributed by atoms with van der Waals surface area (Å²) < 4.78 is 5.76. The van der Waals surface area contributed by atoms with Gasteiger partial charge in [-0.2, -0.15) is 0 Å². The van der Waals surface area contributed by atoms with Crippen LogP contribution in [0.25, 0.3) is 0 Å². The Bertz CT molecular complexity index is 805. The minimum absolute atomic E-state index is 0.0255. The third-order valence-electron chi connectivity index (χ3n) is 5.41. The van der Waals surface area contributed by atoms with E-state index in [0.717, 1.165) is 17.7 Å². The number of rotatable bonds is 12. The molecular weight excluding hydrogens is 388 g/mol. The van der Waals surface area contributed by atoms with Crippen LogP contribution < -0.4 is 10.1 Å². The minimum Gasteiger partial charge on any atom is -0.494 e. The van der Waals surface area contributed by atoms with Crippen LogP contribution >= 0.6 is 0 Å². The summed E-state index contributed by atoms with van der Waals surface area (Å²) in [6.45, 7) is 8.88. The van der Waals surface area contributed by atoms with E-state index in [1.165, 1.54) is 5.56 Å². The molecule has 0 bridgehead atoms. The zero-order chi connectivity index (χ0) is 22.6. The van der Waals surface area contributed by atoms with Gasteiger partial charge < -0.3 is 15.0 Å². The first-order valence-electron chi connectivity index (χ1n) is 11.3. The summed E-state index contributed by atoms with van der Waals surface area (Å²) in [5.41, 5.74) is 2.20. The third kappa shape index (κ3) is 8.08. The summed E-state index contributed by atoms with van der Waals surface area (Å²) in [5.74, 6) is 0.693. The fourth-order valence-electron chi connectivity index (χ4n) is 3.33. The van der Waals surface area contributed by atoms with Crippen LogP contribution in [-0.4, -0.2) is 35.4 Å². The van der Waals surface area contributed by atoms with E-state index in [2.05, 4.69) is 5.32 Å². The van der Waals surface area contributed by atoms with Gasteiger partial charge in [-0.15, -0.1) is 0 Å². The van der Waals surface area contributed by atoms with Crippen LogP contribution in [0.15, 0.2) is 54.6 Å². The molecule has 5 nitrogen and oxygen atoms in total. The van der Waals surface area contributed by atoms with E-state index in [1.54, 1.807) is 4.90 Å². The summed E-state index contributed by atoms with van der Waals surface area (Å²) in [6, 6.07) is 17.3. The van der Waals surface area contributed by atoms with Crippen molar-refractivity contribution in [2.24, 2.45) is 0 Å². The third-order valence-corrected chi connectivity index (χ3v) is 5.41. The molecule has 31 heavy (non-hydrogen) atoms. The fourth-order valence-corrected chi connectivity index (χ4v) is 3.33. The zero-order valence-corrected chi connectivity index (χ0v) is 19.3. The Kier molecular flexibility index (Phi) is 10.1. The lowest BCUT2D eigenvalue weighted by atomic mass is 10.1. The Morgan fingerprint density at radius 2 is 1.68 bits per heavy atom. The quantitative estimate of drug-likeness (QED) is 0.494. The van der Waals surface area contributed by atoms with E-state index in [1.807, 2.05) is 82.3 Å². The maximum atomic E-state index is 13.2. The molecule has 1 N–H and O–H groups in total. The zero-order valence-electron chi connectivity index (χ0n) is 19.3. The van der Waals surface area contributed by atoms with Crippen molar-refractivity contribution in [2.45, 2.75) is 72.0 Å². The average molecular weight is 425 g/mol. The molecule has 0 aromatic heterocycles. The van der Waals surface area contributed by atoms with Crippen LogP contribution in [-0.2, 0) is 16.1 Å². The SMILES string of the molecule is CC[C@@H](C)NC(=O)[C@@H](CC)N(Cc1ccccc1)C(=O)CCCOc1ccc(C)cc1. The second-order valence-corrected chi connectivity index (χ2v) is 8.01. The normalized spacial score (nSPS) is 12.6. The fraction of sp³-hybridized carbons (Fsp3) is 0.462. The van der Waals surface area contributed by atoms with Crippen molar-refractivity contribution in [3.63, 3.8) is 0 Å². The Hall–Kier alpha value is -2.82. The van der Waals surface area contributed by atoms with E-state index in [4.69, 9.17) is 4.74 Å². The highest BCUT2D eigenvalue weighted by Gasteiger charge is 2.28. The van der Waals surface area contributed by atoms with E-state index < -0.39 is 6.04 Å². The second kappa shape index (κ2) is 12.8. The number of carbonyl (C=O) groups is 2. The summed E-state index contributed by atoms with van der Waals surface area (Å²) in [5, 5.41) is 3.04. The van der Waals surface area contributed by atoms with Crippen molar-refractivity contribution in [2.75, 3.05) is 6.61 Å². The monoisotopic (exact) mass is 424 g/mol. The molecule has 0 radical (unpaired) electrons. The molecule has 2 amide bonds. The molecule has 2 atom stereocenters. The Morgan fingerprint density at radius 1 is 1.00 bits per heavy atom. The number of benzene rings is 2. The van der Waals surface area contributed by atoms with Crippen molar-refractivity contribution in [1.82, 2.24) is 10.2 Å². The average Bonchev–Trinajstić information content (AvgIpc) is 2.78. The Morgan fingerprint density at radius 3 is 2.29 bits per heavy atom. The molecule has 5 heteroatoms. The molecule has 168 valence electrons. The van der Waals surface area contributed by atoms with E-state index in [0.29, 0.717) is 32.4 Å². The predicted octanol–water partition coefficient (Wildman–Crippen LogP) is 4.88. The molecule has 0 aliphatic rings. The van der Waals surface area contributed by atoms with Crippen molar-refractivity contribution in [1.29, 1.82) is 0 Å². The highest BCUT2D eigenvalue weighted by Crippen LogP contribution is 2.16. The van der Waals surface area contributed by atoms with Gasteiger partial charge in [-0.3, -0.25) is 9.59 Å². The predicted molar refractivity (Wildman–Crippen MR) is 125 cm³/mol. The largest absolute Gasteiger partial charge is 0.494 e. The molecule has 0 saturated carbocycles. The van der Waals surface area contributed by atoms with Crippen LogP contribution in [0.4, 0.5) is 0 Å². The van der Waals surface area contributed by atoms with Crippen LogP contribution in [0.2, 0.25) is 0 Å². The lowest BCUT2D eigenvalue weighted by Gasteiger charge is -2.31. The molecule has 0 spiro atoms. The first-order chi connectivity index (χ1) is 14.9. The van der Waals surface area contributed by atoms with E-state index in [-0.39, 0.29) is 17.9 Å². The van der Waals surface area contributed by atoms with Gasteiger partial charge in [0.15, 0.2) is 0 Å². The van der Waals surface area contributed by atoms with Crippen LogP contribution in [0.3, 0.4) is 0 Å². The molecule has 0 unspecified atom stereocenters. The Labute approximate surface area is 186 Å². The first-order valence-corrected chi connectivity index (χ1v) is 11.3. The summed E-state index contributed by atoms with van der Waals surface area (Å²) in [6.07, 6.45) is 2.36. The van der Waals surface area contributed by atoms with Gasteiger partial charge >= 0.3 is 0 Å². The number of hydrogen-bond acceptors (Lipinski definition) is 3. The van der Waals surface area contributed by atoms with Gasteiger partial charge in [0.1, 0.15) is 11.8 Å². The number of carbonyl (C=O) groups excluding carboxylic acids is 2. The number of nitrogens with one attached hydrogen (secondary N) is 1. The van der Waals surface area contributed by atoms with Crippen LogP contribution in [0, 0.1) is 6.92 Å². The first kappa shape index (κ1) is 24.4. The second-order valence-electron chi connectivity index (χ2n) is 8.01. The van der Waals surface area contributed by atoms with Crippen molar-refractivity contribution in [3.8, 4) is 5.75 Å². The molecule has 0 saturated heterocycles. The summed E-state index contributed by atoms with van der Waals surface area (Å²) in [4.78, 5) is 27.8. The van der Waals surface area contributed by atoms with Gasteiger partial charge in [-0.1, -0.05) is 61.9 Å². The molecule has 2 aromatic rings. The van der Waals surface area contributed by atoms with Crippen LogP contribution in [0.5, 0.6) is 5.75 Å². The molecule has 2 aromatic carbocycles. The number of hydrogen-bond donors (Lipinski definition) is 1. The topological polar surface area (TPSA) is 58.6 Å². The summed E-state index contributed by atoms with van der Waals surface area (Å²) >= 11 is 0. The highest BCUT2D eigenvalue weighted by molar-refractivity contribution is 5.87. The standard InChI is InChI=1S/C26H36N2O3/c1-5-21(4)27-26(30)24(6-2)28(19-22-11-8-7-9-12-22)25(29)13-10-18-31-23-16-14-20(3)15-17-23/h7-9,11-12,14-17,21,24H,5-6,10,13,18-19H2,1-4H3,(H,27,30)/t21-,24-/m1/s1. The van der Waals surface area contributed by atoms with E-state index >= 15 is 0 Å². The van der Waals surface area contributed by atoms with E-state index in [9.17, 15) is 9.59 Å². The van der Waals surface area contributed by atoms with Crippen molar-refractivity contribution >= 4 is 11.8 Å². The molecule has 0 aliphatic carbocycles. The van der Waals surface area contributed by atoms with Crippen LogP contribution in [0.1, 0.15) is 57.6 Å². The van der Waals surface area contributed by atoms with Crippen molar-refractivity contribution in [3.05, 3.63) is 65.7 Å². The lowest BCUT2D eigenvalue weighted by molar-refractivity contribution is -0.141.